The molecule has 0 aliphatic carbocycles. The molecule has 60 valence electrons. The van der Waals surface area contributed by atoms with E-state index in [1.165, 1.54) is 0 Å². The molecule has 0 aliphatic heterocycles. The molecular weight excluding hydrogens is 164 g/mol. The predicted molar refractivity (Wildman–Crippen MR) is 50.6 cm³/mol. The topological polar surface area (TPSA) is 17.1 Å². The molecule has 3 heteroatoms. The second-order valence-electron chi connectivity index (χ2n) is 1.97. The lowest BCUT2D eigenvalue weighted by atomic mass is 10.3. The van der Waals surface area contributed by atoms with Crippen LogP contribution in [0.5, 0.6) is 0 Å². The molecular formula is C7H14OS2. The van der Waals surface area contributed by atoms with Crippen LogP contribution in [0.25, 0.3) is 0 Å². The number of unbranched alkanes of at least 4 members (excludes halogenated alkanes) is 1. The summed E-state index contributed by atoms with van der Waals surface area (Å²) in [7, 11) is -0.781. The minimum absolute atomic E-state index is 0.781. The van der Waals surface area contributed by atoms with Gasteiger partial charge in [-0.1, -0.05) is 19.4 Å². The van der Waals surface area contributed by atoms with Crippen molar-refractivity contribution in [1.29, 1.82) is 0 Å². The average Bonchev–Trinajstić information content (AvgIpc) is 1.89. The summed E-state index contributed by atoms with van der Waals surface area (Å²) in [6.07, 6.45) is 7.90. The molecule has 0 N–H and O–H groups in total. The van der Waals surface area contributed by atoms with E-state index in [0.29, 0.717) is 0 Å². The second-order valence-corrected chi connectivity index (χ2v) is 4.42. The normalized spacial score (nSPS) is 15.3. The summed E-state index contributed by atoms with van der Waals surface area (Å²) in [6.45, 7) is 2.12. The Morgan fingerprint density at radius 3 is 2.60 bits per heavy atom. The first-order valence-corrected chi connectivity index (χ1v) is 6.08. The van der Waals surface area contributed by atoms with Crippen LogP contribution < -0.4 is 0 Å². The number of allylic oxidation sites excluding steroid dienone is 1. The molecule has 1 nitrogen and oxygen atoms in total. The highest BCUT2D eigenvalue weighted by molar-refractivity contribution is 8.15. The molecule has 0 bridgehead atoms. The molecule has 0 radical (unpaired) electrons. The van der Waals surface area contributed by atoms with Gasteiger partial charge in [-0.2, -0.15) is 0 Å². The summed E-state index contributed by atoms with van der Waals surface area (Å²) < 4.78 is 11.9. The summed E-state index contributed by atoms with van der Waals surface area (Å²) in [5.41, 5.74) is 0. The van der Waals surface area contributed by atoms with Gasteiger partial charge in [0.2, 0.25) is 0 Å². The van der Waals surface area contributed by atoms with Gasteiger partial charge in [0.25, 0.3) is 0 Å². The Hall–Kier alpha value is 0.240. The molecule has 0 heterocycles. The lowest BCUT2D eigenvalue weighted by Gasteiger charge is -1.96. The van der Waals surface area contributed by atoms with Gasteiger partial charge < -0.3 is 0 Å². The fourth-order valence-electron chi connectivity index (χ4n) is 0.580. The number of hydrogen-bond acceptors (Lipinski definition) is 2. The van der Waals surface area contributed by atoms with E-state index >= 15 is 0 Å². The van der Waals surface area contributed by atoms with Gasteiger partial charge in [0.05, 0.1) is 15.0 Å². The zero-order chi connectivity index (χ0) is 7.98. The average molecular weight is 178 g/mol. The van der Waals surface area contributed by atoms with Crippen molar-refractivity contribution < 1.29 is 4.21 Å². The number of hydrogen-bond donors (Lipinski definition) is 0. The minimum atomic E-state index is -0.781. The third-order valence-corrected chi connectivity index (χ3v) is 3.59. The Kier molecular flexibility index (Phi) is 6.13. The summed E-state index contributed by atoms with van der Waals surface area (Å²) in [6, 6.07) is 0. The van der Waals surface area contributed by atoms with Crippen molar-refractivity contribution in [2.24, 2.45) is 0 Å². The monoisotopic (exact) mass is 178 g/mol. The molecule has 0 aromatic heterocycles. The van der Waals surface area contributed by atoms with Gasteiger partial charge in [-0.05, 0) is 12.7 Å². The van der Waals surface area contributed by atoms with Gasteiger partial charge >= 0.3 is 0 Å². The summed E-state index contributed by atoms with van der Waals surface area (Å²) in [5.74, 6) is 0. The van der Waals surface area contributed by atoms with E-state index < -0.39 is 10.8 Å². The van der Waals surface area contributed by atoms with Crippen LogP contribution in [0, 0.1) is 0 Å². The van der Waals surface area contributed by atoms with E-state index in [-0.39, 0.29) is 0 Å². The standard InChI is InChI=1S/C7H14OS2/c1-4-5-6-7(9-2)10(3)8/h6H,4-5H2,1-3H3/b7-6-. The van der Waals surface area contributed by atoms with Crippen molar-refractivity contribution >= 4 is 22.6 Å². The van der Waals surface area contributed by atoms with Crippen molar-refractivity contribution in [3.05, 3.63) is 10.3 Å². The van der Waals surface area contributed by atoms with Crippen LogP contribution in [0.4, 0.5) is 0 Å². The van der Waals surface area contributed by atoms with E-state index in [1.54, 1.807) is 18.0 Å². The van der Waals surface area contributed by atoms with Gasteiger partial charge in [-0.25, -0.2) is 0 Å². The first kappa shape index (κ1) is 10.2. The SMILES string of the molecule is CCC/C=C(/SC)S(C)=O. The lowest BCUT2D eigenvalue weighted by molar-refractivity contribution is 0.691. The first-order chi connectivity index (χ1) is 4.72. The van der Waals surface area contributed by atoms with Crippen molar-refractivity contribution in [1.82, 2.24) is 0 Å². The highest BCUT2D eigenvalue weighted by atomic mass is 32.2. The largest absolute Gasteiger partial charge is 0.254 e. The van der Waals surface area contributed by atoms with Crippen LogP contribution in [-0.2, 0) is 10.8 Å². The fraction of sp³-hybridized carbons (Fsp3) is 0.714. The molecule has 0 aliphatic rings. The zero-order valence-electron chi connectivity index (χ0n) is 6.72. The Balaban J connectivity index is 3.91. The smallest absolute Gasteiger partial charge is 0.0670 e. The summed E-state index contributed by atoms with van der Waals surface area (Å²) in [5, 5.41) is 0. The van der Waals surface area contributed by atoms with E-state index in [2.05, 4.69) is 13.0 Å². The summed E-state index contributed by atoms with van der Waals surface area (Å²) >= 11 is 1.58. The van der Waals surface area contributed by atoms with Crippen LogP contribution in [0.2, 0.25) is 0 Å². The Labute approximate surface area is 69.7 Å². The van der Waals surface area contributed by atoms with Gasteiger partial charge in [-0.15, -0.1) is 11.8 Å². The van der Waals surface area contributed by atoms with Gasteiger partial charge in [-0.3, -0.25) is 4.21 Å². The zero-order valence-corrected chi connectivity index (χ0v) is 8.35. The fourth-order valence-corrected chi connectivity index (χ4v) is 2.16. The number of rotatable bonds is 4. The molecule has 0 aromatic rings. The van der Waals surface area contributed by atoms with Crippen LogP contribution >= 0.6 is 11.8 Å². The Morgan fingerprint density at radius 1 is 1.70 bits per heavy atom. The Morgan fingerprint density at radius 2 is 2.30 bits per heavy atom. The maximum Gasteiger partial charge on any atom is 0.0670 e. The molecule has 0 saturated heterocycles. The highest BCUT2D eigenvalue weighted by Gasteiger charge is 1.96. The lowest BCUT2D eigenvalue weighted by Crippen LogP contribution is -1.85. The maximum atomic E-state index is 10.9. The molecule has 0 rings (SSSR count). The van der Waals surface area contributed by atoms with Crippen molar-refractivity contribution in [3.8, 4) is 0 Å². The molecule has 0 saturated carbocycles. The van der Waals surface area contributed by atoms with Crippen LogP contribution in [-0.4, -0.2) is 16.7 Å². The minimum Gasteiger partial charge on any atom is -0.254 e. The van der Waals surface area contributed by atoms with Gasteiger partial charge in [0, 0.05) is 6.26 Å². The van der Waals surface area contributed by atoms with Crippen molar-refractivity contribution in [3.63, 3.8) is 0 Å². The molecule has 0 fully saturated rings. The Bertz CT molecular complexity index is 141. The van der Waals surface area contributed by atoms with Crippen molar-refractivity contribution in [2.75, 3.05) is 12.5 Å². The highest BCUT2D eigenvalue weighted by Crippen LogP contribution is 2.15. The van der Waals surface area contributed by atoms with Gasteiger partial charge in [0.15, 0.2) is 0 Å². The summed E-state index contributed by atoms with van der Waals surface area (Å²) in [4.78, 5) is 0. The van der Waals surface area contributed by atoms with E-state index in [0.717, 1.165) is 17.1 Å². The predicted octanol–water partition coefficient (Wildman–Crippen LogP) is 2.37. The third kappa shape index (κ3) is 4.12. The molecule has 1 unspecified atom stereocenters. The van der Waals surface area contributed by atoms with Crippen LogP contribution in [0.15, 0.2) is 10.3 Å². The van der Waals surface area contributed by atoms with E-state index in [1.807, 2.05) is 6.26 Å². The first-order valence-electron chi connectivity index (χ1n) is 3.30. The van der Waals surface area contributed by atoms with Gasteiger partial charge in [0.1, 0.15) is 0 Å². The van der Waals surface area contributed by atoms with Crippen LogP contribution in [0.1, 0.15) is 19.8 Å². The van der Waals surface area contributed by atoms with E-state index in [9.17, 15) is 4.21 Å². The second kappa shape index (κ2) is 5.98. The van der Waals surface area contributed by atoms with Crippen LogP contribution in [0.3, 0.4) is 0 Å². The van der Waals surface area contributed by atoms with E-state index in [4.69, 9.17) is 0 Å². The number of thioether (sulfide) groups is 1. The molecule has 0 amide bonds. The third-order valence-electron chi connectivity index (χ3n) is 1.08. The molecule has 0 spiro atoms. The molecule has 10 heavy (non-hydrogen) atoms. The molecule has 0 aromatic carbocycles. The maximum absolute atomic E-state index is 10.9. The molecule has 1 atom stereocenters. The quantitative estimate of drug-likeness (QED) is 0.657. The van der Waals surface area contributed by atoms with Crippen molar-refractivity contribution in [2.45, 2.75) is 19.8 Å².